The van der Waals surface area contributed by atoms with Gasteiger partial charge in [0.05, 0.1) is 88.3 Å². The van der Waals surface area contributed by atoms with E-state index < -0.39 is 47.4 Å². The molecule has 2 aliphatic rings. The highest BCUT2D eigenvalue weighted by Crippen LogP contribution is 2.26. The predicted molar refractivity (Wildman–Crippen MR) is 432 cm³/mol. The summed E-state index contributed by atoms with van der Waals surface area (Å²) < 4.78 is 53.1. The van der Waals surface area contributed by atoms with Crippen molar-refractivity contribution in [2.45, 2.75) is 19.5 Å². The van der Waals surface area contributed by atoms with Gasteiger partial charge in [0.2, 0.25) is 29.4 Å². The number of methoxy groups -OCH3 is 7. The first-order valence-corrected chi connectivity index (χ1v) is 34.9. The van der Waals surface area contributed by atoms with E-state index >= 15 is 0 Å². The molecule has 0 aromatic carbocycles. The van der Waals surface area contributed by atoms with Gasteiger partial charge in [-0.15, -0.1) is 35.7 Å². The number of amides is 6. The predicted octanol–water partition coefficient (Wildman–Crippen LogP) is 2.32. The van der Waals surface area contributed by atoms with Gasteiger partial charge in [-0.2, -0.15) is 5.10 Å². The fourth-order valence-electron chi connectivity index (χ4n) is 9.55. The summed E-state index contributed by atoms with van der Waals surface area (Å²) in [6.07, 6.45) is 10.7. The Labute approximate surface area is 689 Å². The number of aryl methyl sites for hydroxylation is 5. The van der Waals surface area contributed by atoms with Crippen LogP contribution in [0.2, 0.25) is 0 Å². The lowest BCUT2D eigenvalue weighted by atomic mass is 10.2. The first-order chi connectivity index (χ1) is 57.4. The lowest BCUT2D eigenvalue weighted by Crippen LogP contribution is -2.41. The van der Waals surface area contributed by atoms with Gasteiger partial charge >= 0.3 is 17.9 Å². The maximum Gasteiger partial charge on any atom is 0.356 e. The lowest BCUT2D eigenvalue weighted by Gasteiger charge is -2.27. The van der Waals surface area contributed by atoms with Crippen LogP contribution in [0.4, 0.5) is 29.1 Å². The lowest BCUT2D eigenvalue weighted by molar-refractivity contribution is -0.0228. The number of carbonyl (C=O) groups excluding carboxylic acids is 8. The summed E-state index contributed by atoms with van der Waals surface area (Å²) >= 11 is 0. The molecule has 0 atom stereocenters. The molecule has 13 rings (SSSR count). The van der Waals surface area contributed by atoms with E-state index in [1.807, 2.05) is 16.1 Å². The Balaban J connectivity index is 0.000000227. The fraction of sp³-hybridized carbons (Fsp3) is 0.288. The van der Waals surface area contributed by atoms with Gasteiger partial charge in [0, 0.05) is 80.3 Å². The van der Waals surface area contributed by atoms with Crippen LogP contribution in [0.1, 0.15) is 107 Å². The van der Waals surface area contributed by atoms with Gasteiger partial charge in [-0.3, -0.25) is 57.6 Å². The van der Waals surface area contributed by atoms with Crippen LogP contribution >= 0.6 is 0 Å². The third-order valence-electron chi connectivity index (χ3n) is 15.2. The smallest absolute Gasteiger partial charge is 0.356 e. The summed E-state index contributed by atoms with van der Waals surface area (Å²) in [5, 5.41) is 50.8. The number of nitrogens with one attached hydrogen (secondary N) is 6. The van der Waals surface area contributed by atoms with Gasteiger partial charge in [0.15, 0.2) is 17.2 Å². The number of hydrogen-bond acceptors (Lipinski definition) is 34. The first-order valence-electron chi connectivity index (χ1n) is 34.9. The highest BCUT2D eigenvalue weighted by molar-refractivity contribution is 6.08. The van der Waals surface area contributed by atoms with Gasteiger partial charge < -0.3 is 89.9 Å². The van der Waals surface area contributed by atoms with Crippen LogP contribution in [-0.4, -0.2) is 255 Å². The molecule has 0 spiro atoms. The standard InChI is InChI=1S/C16H17N7O3.C15H19N7O3.C13H14N4O4.C12H14N6O3.C7H8N2O2.C6H8N2O3.C3H7NO.CH4/c1-22-6-11(16(21-22)25-2)15(24)19-13-5-3-4-12(18-13)14-20-17-9-23(14)10-7-26-8-10;1-21(2)9-16-19-14(24)11-6-5-7-12(17-11)18-13(23)10-8-22(3)20-15(10)25-4;1-17-7-8(12(16-17)20-2)11(18)15-10-6-4-5-9(14-10)13(19)21-3;1-18-6-7(12(17-18)21-2)10(19)15-9-5-3-4-8(14-9)11(20)16-13;1-11-7(10)5-3-2-4-6(8)9-5;1-8-3-4(6(9)10)5(7-8)11-2;4-3-1-5-2-3;/h3-6,9-10H,7-8H2,1-2H3,(H,18,19,24);5-9H,1-4H3,(H,19,24)(H,17,18,23);4-7H,1-3H3,(H,14,15,18);3-6H,13H2,1-2H3,(H,16,20)(H,14,15,19);2-4H,1H3,(H2,8,9);3H,1-2H3,(H,9,10);3H,1-2,4H2;1H4/b;16-9-;;;;;;. The van der Waals surface area contributed by atoms with Crippen LogP contribution in [0.3, 0.4) is 0 Å². The van der Waals surface area contributed by atoms with Crippen molar-refractivity contribution in [2.24, 2.45) is 51.9 Å². The summed E-state index contributed by atoms with van der Waals surface area (Å²) in [6.45, 7) is 2.78. The number of anilines is 5. The average Bonchev–Trinajstić information content (AvgIpc) is 1.70. The third-order valence-corrected chi connectivity index (χ3v) is 15.2. The van der Waals surface area contributed by atoms with E-state index in [1.165, 1.54) is 123 Å². The monoisotopic (exact) mass is 1680 g/mol. The van der Waals surface area contributed by atoms with E-state index in [2.05, 4.69) is 102 Å². The number of nitrogens with two attached hydrogens (primary N) is 3. The Kier molecular flexibility index (Phi) is 35.9. The van der Waals surface area contributed by atoms with E-state index in [4.69, 9.17) is 55.6 Å². The van der Waals surface area contributed by atoms with Crippen LogP contribution in [0, 0.1) is 0 Å². The average molecular weight is 1680 g/mol. The number of hydrogen-bond donors (Lipinski definition) is 10. The maximum atomic E-state index is 12.5. The molecule has 121 heavy (non-hydrogen) atoms. The molecule has 13 N–H and O–H groups in total. The number of ether oxygens (including phenoxy) is 9. The first kappa shape index (κ1) is 94.1. The summed E-state index contributed by atoms with van der Waals surface area (Å²) in [5.41, 5.74) is 17.3. The van der Waals surface area contributed by atoms with Gasteiger partial charge in [0.25, 0.3) is 35.4 Å². The van der Waals surface area contributed by atoms with Gasteiger partial charge in [-0.25, -0.2) is 50.6 Å². The van der Waals surface area contributed by atoms with E-state index in [1.54, 1.807) is 133 Å². The van der Waals surface area contributed by atoms with Crippen molar-refractivity contribution in [3.63, 3.8) is 0 Å². The Morgan fingerprint density at radius 2 is 0.818 bits per heavy atom. The molecule has 48 nitrogen and oxygen atoms in total. The van der Waals surface area contributed by atoms with Crippen molar-refractivity contribution >= 4 is 88.8 Å². The van der Waals surface area contributed by atoms with Crippen molar-refractivity contribution < 1.29 is 90.9 Å². The number of carboxylic acid groups (broad SMARTS) is 1. The van der Waals surface area contributed by atoms with Crippen molar-refractivity contribution in [3.8, 4) is 40.9 Å². The molecule has 2 saturated heterocycles. The van der Waals surface area contributed by atoms with E-state index in [0.717, 1.165) is 13.2 Å². The number of nitrogens with zero attached hydrogens (tertiary/aromatic N) is 20. The number of hydrazine groups is 1. The normalized spacial score (nSPS) is 11.5. The number of esters is 2. The topological polar surface area (TPSA) is 607 Å². The molecule has 0 saturated carbocycles. The Morgan fingerprint density at radius 3 is 1.15 bits per heavy atom. The van der Waals surface area contributed by atoms with Crippen molar-refractivity contribution in [2.75, 3.05) is 117 Å². The maximum absolute atomic E-state index is 12.5. The van der Waals surface area contributed by atoms with Crippen molar-refractivity contribution in [1.29, 1.82) is 0 Å². The second-order valence-electron chi connectivity index (χ2n) is 24.5. The minimum absolute atomic E-state index is 0. The molecule has 0 unspecified atom stereocenters. The number of carbonyl (C=O) groups is 9. The molecule has 2 aliphatic heterocycles. The second-order valence-corrected chi connectivity index (χ2v) is 24.5. The van der Waals surface area contributed by atoms with Crippen LogP contribution < -0.4 is 73.1 Å². The largest absolute Gasteiger partial charge is 0.479 e. The van der Waals surface area contributed by atoms with Gasteiger partial charge in [-0.05, 0) is 60.7 Å². The number of rotatable bonds is 22. The van der Waals surface area contributed by atoms with Crippen molar-refractivity contribution in [3.05, 3.63) is 179 Å². The second kappa shape index (κ2) is 46.1. The zero-order chi connectivity index (χ0) is 87.7. The number of aromatic carboxylic acids is 1. The molecule has 0 radical (unpaired) electrons. The minimum Gasteiger partial charge on any atom is -0.479 e. The molecule has 48 heteroatoms. The summed E-state index contributed by atoms with van der Waals surface area (Å²) in [7, 11) is 21.6. The molecule has 11 aromatic heterocycles. The van der Waals surface area contributed by atoms with Crippen LogP contribution in [-0.2, 0) is 54.2 Å². The molecule has 642 valence electrons. The number of nitrogen functional groups attached to an aromatic ring is 2. The number of aromatic nitrogens is 18. The van der Waals surface area contributed by atoms with Crippen molar-refractivity contribution in [1.82, 2.24) is 104 Å². The quantitative estimate of drug-likeness (QED) is 0.0116. The Morgan fingerprint density at radius 1 is 0.479 bits per heavy atom. The Bertz CT molecular complexity index is 5260. The van der Waals surface area contributed by atoms with Crippen LogP contribution in [0.25, 0.3) is 11.5 Å². The fourth-order valence-corrected chi connectivity index (χ4v) is 9.55. The SMILES string of the molecule is C.COC(=O)c1cccc(N)n1.COC(=O)c1cccc(NC(=O)c2cn(C)nc2OC)n1.COc1nn(C)cc1C(=O)Nc1cccc(-c2nncn2C2COC2)n1.COc1nn(C)cc1C(=O)Nc1cccc(C(=O)N/N=C\N(C)C)n1.COc1nn(C)cc1C(=O)Nc1cccc(C(=O)NN)n1.COc1nn(C)cc1C(=O)O.NC1COC1. The molecule has 6 amide bonds. The highest BCUT2D eigenvalue weighted by Gasteiger charge is 2.27. The number of pyridine rings is 5. The molecular weight excluding hydrogens is 1590 g/mol. The van der Waals surface area contributed by atoms with E-state index in [9.17, 15) is 43.2 Å². The molecule has 2 fully saturated rings. The molecule has 0 aliphatic carbocycles. The summed E-state index contributed by atoms with van der Waals surface area (Å²) in [4.78, 5) is 127. The molecule has 13 heterocycles. The number of hydrazone groups is 1. The molecular formula is C73H91N29O19. The summed E-state index contributed by atoms with van der Waals surface area (Å²) in [5.74, 6) is 3.24. The third kappa shape index (κ3) is 27.7. The zero-order valence-electron chi connectivity index (χ0n) is 67.2. The zero-order valence-corrected chi connectivity index (χ0v) is 67.2. The van der Waals surface area contributed by atoms with E-state index in [0.29, 0.717) is 48.0 Å². The number of carboxylic acids is 1. The minimum atomic E-state index is -1.03. The summed E-state index contributed by atoms with van der Waals surface area (Å²) in [6, 6.07) is 24.6. The molecule has 0 bridgehead atoms. The van der Waals surface area contributed by atoms with Crippen LogP contribution in [0.5, 0.6) is 29.4 Å². The highest BCUT2D eigenvalue weighted by atomic mass is 16.5. The Hall–Kier alpha value is -15.7. The molecule has 11 aromatic rings. The van der Waals surface area contributed by atoms with Gasteiger partial charge in [-0.1, -0.05) is 37.8 Å². The van der Waals surface area contributed by atoms with E-state index in [-0.39, 0.29) is 111 Å². The van der Waals surface area contributed by atoms with Crippen LogP contribution in [0.15, 0.2) is 133 Å². The van der Waals surface area contributed by atoms with Gasteiger partial charge in [0.1, 0.15) is 86.7 Å².